The Morgan fingerprint density at radius 3 is 2.76 bits per heavy atom. The van der Waals surface area contributed by atoms with Crippen LogP contribution in [0.4, 0.5) is 0 Å². The van der Waals surface area contributed by atoms with Crippen LogP contribution in [0.25, 0.3) is 0 Å². The molecule has 0 bridgehead atoms. The predicted octanol–water partition coefficient (Wildman–Crippen LogP) is 0.475. The van der Waals surface area contributed by atoms with E-state index >= 15 is 0 Å². The molecule has 7 nitrogen and oxygen atoms in total. The fourth-order valence-corrected chi connectivity index (χ4v) is 3.83. The Bertz CT molecular complexity index is 426. The molecule has 1 atom stereocenters. The molecule has 0 N–H and O–H groups in total. The van der Waals surface area contributed by atoms with Crippen molar-refractivity contribution >= 4 is 16.2 Å². The second-order valence-corrected chi connectivity index (χ2v) is 7.16. The maximum atomic E-state index is 12.5. The van der Waals surface area contributed by atoms with Crippen molar-refractivity contribution in [3.63, 3.8) is 0 Å². The van der Waals surface area contributed by atoms with Crippen molar-refractivity contribution in [3.05, 3.63) is 0 Å². The van der Waals surface area contributed by atoms with Gasteiger partial charge in [-0.25, -0.2) is 0 Å². The largest absolute Gasteiger partial charge is 0.466 e. The summed E-state index contributed by atoms with van der Waals surface area (Å²) in [5.74, 6) is -0.666. The van der Waals surface area contributed by atoms with Crippen molar-refractivity contribution in [1.29, 1.82) is 0 Å². The smallest absolute Gasteiger partial charge is 0.310 e. The second-order valence-electron chi connectivity index (χ2n) is 5.12. The number of nitrogens with zero attached hydrogens (tertiary/aromatic N) is 2. The SMILES string of the molecule is CCOC(=O)C1CCCN(S(=O)(=O)N(C)CCCOC)C1. The van der Waals surface area contributed by atoms with E-state index in [1.54, 1.807) is 21.1 Å². The number of esters is 1. The van der Waals surface area contributed by atoms with E-state index in [1.165, 1.54) is 8.61 Å². The zero-order valence-electron chi connectivity index (χ0n) is 13.1. The van der Waals surface area contributed by atoms with E-state index in [-0.39, 0.29) is 18.4 Å². The van der Waals surface area contributed by atoms with E-state index in [0.29, 0.717) is 45.6 Å². The molecule has 21 heavy (non-hydrogen) atoms. The van der Waals surface area contributed by atoms with Gasteiger partial charge in [-0.15, -0.1) is 0 Å². The van der Waals surface area contributed by atoms with Crippen molar-refractivity contribution in [3.8, 4) is 0 Å². The molecule has 124 valence electrons. The molecule has 0 spiro atoms. The number of hydrogen-bond donors (Lipinski definition) is 0. The third-order valence-corrected chi connectivity index (χ3v) is 5.50. The highest BCUT2D eigenvalue weighted by atomic mass is 32.2. The lowest BCUT2D eigenvalue weighted by Crippen LogP contribution is -2.48. The second kappa shape index (κ2) is 8.67. The molecule has 1 heterocycles. The van der Waals surface area contributed by atoms with E-state index < -0.39 is 10.2 Å². The number of carbonyl (C=O) groups is 1. The lowest BCUT2D eigenvalue weighted by atomic mass is 10.0. The third-order valence-electron chi connectivity index (χ3n) is 3.55. The predicted molar refractivity (Wildman–Crippen MR) is 79.0 cm³/mol. The highest BCUT2D eigenvalue weighted by molar-refractivity contribution is 7.86. The van der Waals surface area contributed by atoms with Crippen LogP contribution in [0.15, 0.2) is 0 Å². The fourth-order valence-electron chi connectivity index (χ4n) is 2.35. The summed E-state index contributed by atoms with van der Waals surface area (Å²) in [4.78, 5) is 11.8. The van der Waals surface area contributed by atoms with Gasteiger partial charge in [0.15, 0.2) is 0 Å². The molecule has 0 saturated carbocycles. The summed E-state index contributed by atoms with van der Waals surface area (Å²) in [6, 6.07) is 0. The Morgan fingerprint density at radius 2 is 2.14 bits per heavy atom. The van der Waals surface area contributed by atoms with Crippen LogP contribution >= 0.6 is 0 Å². The van der Waals surface area contributed by atoms with Crippen LogP contribution < -0.4 is 0 Å². The first-order valence-electron chi connectivity index (χ1n) is 7.30. The molecule has 0 aromatic carbocycles. The summed E-state index contributed by atoms with van der Waals surface area (Å²) in [5, 5.41) is 0. The molecular weight excluding hydrogens is 296 g/mol. The Kier molecular flexibility index (Phi) is 7.58. The van der Waals surface area contributed by atoms with Crippen molar-refractivity contribution in [1.82, 2.24) is 8.61 Å². The monoisotopic (exact) mass is 322 g/mol. The molecule has 0 aromatic heterocycles. The van der Waals surface area contributed by atoms with Crippen molar-refractivity contribution < 1.29 is 22.7 Å². The molecule has 1 aliphatic heterocycles. The zero-order chi connectivity index (χ0) is 15.9. The normalized spacial score (nSPS) is 20.7. The number of piperidine rings is 1. The van der Waals surface area contributed by atoms with Gasteiger partial charge in [0.2, 0.25) is 0 Å². The van der Waals surface area contributed by atoms with Crippen LogP contribution in [-0.4, -0.2) is 70.0 Å². The number of rotatable bonds is 8. The molecule has 0 amide bonds. The van der Waals surface area contributed by atoms with Crippen LogP contribution in [0, 0.1) is 5.92 Å². The lowest BCUT2D eigenvalue weighted by Gasteiger charge is -2.33. The average molecular weight is 322 g/mol. The van der Waals surface area contributed by atoms with Gasteiger partial charge in [0.05, 0.1) is 12.5 Å². The highest BCUT2D eigenvalue weighted by Crippen LogP contribution is 2.21. The summed E-state index contributed by atoms with van der Waals surface area (Å²) >= 11 is 0. The Morgan fingerprint density at radius 1 is 1.43 bits per heavy atom. The van der Waals surface area contributed by atoms with Gasteiger partial charge in [0, 0.05) is 40.4 Å². The average Bonchev–Trinajstić information content (AvgIpc) is 2.47. The first-order chi connectivity index (χ1) is 9.93. The maximum Gasteiger partial charge on any atom is 0.310 e. The summed E-state index contributed by atoms with van der Waals surface area (Å²) in [5.41, 5.74) is 0. The van der Waals surface area contributed by atoms with E-state index in [2.05, 4.69) is 0 Å². The molecule has 1 unspecified atom stereocenters. The molecule has 1 saturated heterocycles. The minimum absolute atomic E-state index is 0.204. The van der Waals surface area contributed by atoms with E-state index in [1.807, 2.05) is 0 Å². The van der Waals surface area contributed by atoms with Gasteiger partial charge in [-0.05, 0) is 26.2 Å². The van der Waals surface area contributed by atoms with Crippen LogP contribution in [0.3, 0.4) is 0 Å². The number of ether oxygens (including phenoxy) is 2. The first kappa shape index (κ1) is 18.3. The molecule has 0 aromatic rings. The van der Waals surface area contributed by atoms with Crippen LogP contribution in [0.2, 0.25) is 0 Å². The van der Waals surface area contributed by atoms with Gasteiger partial charge in [0.1, 0.15) is 0 Å². The van der Waals surface area contributed by atoms with E-state index in [0.717, 1.165) is 0 Å². The Hall–Kier alpha value is -0.700. The van der Waals surface area contributed by atoms with Crippen LogP contribution in [0.5, 0.6) is 0 Å². The third kappa shape index (κ3) is 5.21. The fraction of sp³-hybridized carbons (Fsp3) is 0.923. The van der Waals surface area contributed by atoms with Crippen LogP contribution in [0.1, 0.15) is 26.2 Å². The highest BCUT2D eigenvalue weighted by Gasteiger charge is 2.34. The van der Waals surface area contributed by atoms with Crippen LogP contribution in [-0.2, 0) is 24.5 Å². The molecule has 0 aliphatic carbocycles. The molecule has 1 rings (SSSR count). The van der Waals surface area contributed by atoms with Gasteiger partial charge in [0.25, 0.3) is 10.2 Å². The Balaban J connectivity index is 2.63. The summed E-state index contributed by atoms with van der Waals surface area (Å²) in [7, 11) is -0.380. The van der Waals surface area contributed by atoms with Gasteiger partial charge in [-0.1, -0.05) is 0 Å². The summed E-state index contributed by atoms with van der Waals surface area (Å²) in [6.45, 7) is 3.64. The topological polar surface area (TPSA) is 76.2 Å². The Labute approximate surface area is 127 Å². The van der Waals surface area contributed by atoms with Gasteiger partial charge < -0.3 is 9.47 Å². The number of methoxy groups -OCH3 is 1. The molecule has 1 fully saturated rings. The van der Waals surface area contributed by atoms with Crippen molar-refractivity contribution in [2.45, 2.75) is 26.2 Å². The quantitative estimate of drug-likeness (QED) is 0.480. The lowest BCUT2D eigenvalue weighted by molar-refractivity contribution is -0.149. The van der Waals surface area contributed by atoms with Crippen molar-refractivity contribution in [2.75, 3.05) is 47.0 Å². The van der Waals surface area contributed by atoms with Crippen molar-refractivity contribution in [2.24, 2.45) is 5.92 Å². The number of hydrogen-bond acceptors (Lipinski definition) is 5. The molecular formula is C13H26N2O5S. The van der Waals surface area contributed by atoms with Gasteiger partial charge in [-0.2, -0.15) is 17.0 Å². The first-order valence-corrected chi connectivity index (χ1v) is 8.70. The number of carbonyl (C=O) groups excluding carboxylic acids is 1. The van der Waals surface area contributed by atoms with E-state index in [4.69, 9.17) is 9.47 Å². The maximum absolute atomic E-state index is 12.5. The summed E-state index contributed by atoms with van der Waals surface area (Å²) in [6.07, 6.45) is 1.99. The standard InChI is InChI=1S/C13H26N2O5S/c1-4-20-13(16)12-7-5-9-15(11-12)21(17,18)14(2)8-6-10-19-3/h12H,4-11H2,1-3H3. The molecule has 8 heteroatoms. The molecule has 1 aliphatic rings. The minimum Gasteiger partial charge on any atom is -0.466 e. The zero-order valence-corrected chi connectivity index (χ0v) is 13.9. The molecule has 0 radical (unpaired) electrons. The minimum atomic E-state index is -3.52. The van der Waals surface area contributed by atoms with Gasteiger partial charge >= 0.3 is 5.97 Å². The van der Waals surface area contributed by atoms with E-state index in [9.17, 15) is 13.2 Å². The summed E-state index contributed by atoms with van der Waals surface area (Å²) < 4.78 is 37.5. The van der Waals surface area contributed by atoms with Gasteiger partial charge in [-0.3, -0.25) is 4.79 Å².